The normalized spacial score (nSPS) is 21.7. The van der Waals surface area contributed by atoms with Crippen LogP contribution in [0.1, 0.15) is 49.9 Å². The Bertz CT molecular complexity index is 447. The highest BCUT2D eigenvalue weighted by Crippen LogP contribution is 2.29. The van der Waals surface area contributed by atoms with Gasteiger partial charge in [0.2, 0.25) is 0 Å². The van der Waals surface area contributed by atoms with E-state index in [-0.39, 0.29) is 5.91 Å². The van der Waals surface area contributed by atoms with E-state index in [1.165, 1.54) is 19.3 Å². The van der Waals surface area contributed by atoms with Crippen molar-refractivity contribution in [2.24, 2.45) is 11.8 Å². The minimum atomic E-state index is 0.00514. The van der Waals surface area contributed by atoms with Crippen LogP contribution in [0.4, 0.5) is 5.69 Å². The molecule has 1 aromatic heterocycles. The molecule has 4 nitrogen and oxygen atoms in total. The lowest BCUT2D eigenvalue weighted by molar-refractivity contribution is 0.0948. The predicted molar refractivity (Wildman–Crippen MR) is 81.9 cm³/mol. The highest BCUT2D eigenvalue weighted by atomic mass is 16.1. The monoisotopic (exact) mass is 275 g/mol. The molecule has 4 heteroatoms. The number of nitrogens with one attached hydrogen (secondary N) is 2. The van der Waals surface area contributed by atoms with Crippen LogP contribution in [0.2, 0.25) is 0 Å². The maximum Gasteiger partial charge on any atom is 0.253 e. The Morgan fingerprint density at radius 3 is 3.00 bits per heavy atom. The van der Waals surface area contributed by atoms with Crippen molar-refractivity contribution in [1.29, 1.82) is 0 Å². The van der Waals surface area contributed by atoms with E-state index in [1.807, 2.05) is 0 Å². The number of hydrogen-bond donors (Lipinski definition) is 2. The number of hydrogen-bond acceptors (Lipinski definition) is 3. The molecule has 20 heavy (non-hydrogen) atoms. The van der Waals surface area contributed by atoms with Gasteiger partial charge in [-0.25, -0.2) is 0 Å². The van der Waals surface area contributed by atoms with E-state index in [2.05, 4.69) is 29.5 Å². The van der Waals surface area contributed by atoms with Gasteiger partial charge in [0.05, 0.1) is 17.4 Å². The number of carbonyl (C=O) groups is 1. The van der Waals surface area contributed by atoms with Gasteiger partial charge in [0.25, 0.3) is 5.91 Å². The zero-order chi connectivity index (χ0) is 14.4. The van der Waals surface area contributed by atoms with E-state index < -0.39 is 0 Å². The molecule has 1 fully saturated rings. The number of nitrogens with zero attached hydrogens (tertiary/aromatic N) is 1. The molecule has 2 unspecified atom stereocenters. The maximum atomic E-state index is 12.3. The van der Waals surface area contributed by atoms with Gasteiger partial charge in [-0.1, -0.05) is 20.3 Å². The quantitative estimate of drug-likeness (QED) is 0.839. The zero-order valence-electron chi connectivity index (χ0n) is 12.5. The molecule has 110 valence electrons. The Kier molecular flexibility index (Phi) is 5.39. The molecule has 0 aromatic carbocycles. The van der Waals surface area contributed by atoms with Gasteiger partial charge in [0, 0.05) is 19.3 Å². The fraction of sp³-hybridized carbons (Fsp3) is 0.625. The summed E-state index contributed by atoms with van der Waals surface area (Å²) in [6, 6.07) is 1.78. The fourth-order valence-corrected chi connectivity index (χ4v) is 2.84. The highest BCUT2D eigenvalue weighted by Gasteiger charge is 2.22. The van der Waals surface area contributed by atoms with Crippen molar-refractivity contribution in [3.63, 3.8) is 0 Å². The Morgan fingerprint density at radius 1 is 1.45 bits per heavy atom. The fourth-order valence-electron chi connectivity index (χ4n) is 2.84. The van der Waals surface area contributed by atoms with Gasteiger partial charge in [0.1, 0.15) is 0 Å². The topological polar surface area (TPSA) is 54.0 Å². The summed E-state index contributed by atoms with van der Waals surface area (Å²) in [6.45, 7) is 6.03. The number of rotatable bonds is 6. The minimum absolute atomic E-state index is 0.00514. The molecule has 2 rings (SSSR count). The van der Waals surface area contributed by atoms with Crippen molar-refractivity contribution < 1.29 is 4.79 Å². The first-order valence-corrected chi connectivity index (χ1v) is 7.66. The van der Waals surface area contributed by atoms with Gasteiger partial charge in [-0.3, -0.25) is 9.78 Å². The summed E-state index contributed by atoms with van der Waals surface area (Å²) in [4.78, 5) is 16.4. The molecular weight excluding hydrogens is 250 g/mol. The van der Waals surface area contributed by atoms with E-state index in [0.29, 0.717) is 11.5 Å². The van der Waals surface area contributed by atoms with Crippen molar-refractivity contribution >= 4 is 11.6 Å². The Balaban J connectivity index is 1.91. The second kappa shape index (κ2) is 7.27. The summed E-state index contributed by atoms with van der Waals surface area (Å²) in [5, 5.41) is 6.33. The van der Waals surface area contributed by atoms with Crippen LogP contribution in [0, 0.1) is 11.8 Å². The number of pyridine rings is 1. The SMILES string of the molecule is CCCNc1cnccc1C(=O)NCC1CCC(C)C1. The van der Waals surface area contributed by atoms with E-state index >= 15 is 0 Å². The molecule has 1 amide bonds. The van der Waals surface area contributed by atoms with Crippen LogP contribution in [0.25, 0.3) is 0 Å². The Hall–Kier alpha value is -1.58. The lowest BCUT2D eigenvalue weighted by Crippen LogP contribution is -2.29. The summed E-state index contributed by atoms with van der Waals surface area (Å²) >= 11 is 0. The summed E-state index contributed by atoms with van der Waals surface area (Å²) in [5.41, 5.74) is 1.52. The summed E-state index contributed by atoms with van der Waals surface area (Å²) < 4.78 is 0. The summed E-state index contributed by atoms with van der Waals surface area (Å²) in [6.07, 6.45) is 8.18. The van der Waals surface area contributed by atoms with Gasteiger partial charge in [-0.2, -0.15) is 0 Å². The molecule has 0 spiro atoms. The number of anilines is 1. The molecule has 1 heterocycles. The van der Waals surface area contributed by atoms with Crippen LogP contribution >= 0.6 is 0 Å². The molecular formula is C16H25N3O. The number of aromatic nitrogens is 1. The molecule has 1 saturated carbocycles. The molecule has 2 atom stereocenters. The highest BCUT2D eigenvalue weighted by molar-refractivity contribution is 5.99. The summed E-state index contributed by atoms with van der Waals surface area (Å²) in [5.74, 6) is 1.45. The van der Waals surface area contributed by atoms with Gasteiger partial charge >= 0.3 is 0 Å². The van der Waals surface area contributed by atoms with Crippen molar-refractivity contribution in [2.45, 2.75) is 39.5 Å². The average molecular weight is 275 g/mol. The van der Waals surface area contributed by atoms with Crippen LogP contribution in [-0.2, 0) is 0 Å². The Morgan fingerprint density at radius 2 is 2.30 bits per heavy atom. The van der Waals surface area contributed by atoms with Crippen molar-refractivity contribution in [3.05, 3.63) is 24.0 Å². The third kappa shape index (κ3) is 3.95. The van der Waals surface area contributed by atoms with E-state index in [0.717, 1.165) is 31.1 Å². The van der Waals surface area contributed by atoms with Crippen molar-refractivity contribution in [2.75, 3.05) is 18.4 Å². The molecule has 1 aromatic rings. The molecule has 1 aliphatic rings. The number of carbonyl (C=O) groups excluding carboxylic acids is 1. The molecule has 0 aliphatic heterocycles. The standard InChI is InChI=1S/C16H25N3O/c1-3-7-18-15-11-17-8-6-14(15)16(20)19-10-13-5-4-12(2)9-13/h6,8,11-13,18H,3-5,7,9-10H2,1-2H3,(H,19,20). The molecule has 0 bridgehead atoms. The van der Waals surface area contributed by atoms with Gasteiger partial charge in [-0.15, -0.1) is 0 Å². The third-order valence-corrected chi connectivity index (χ3v) is 3.99. The van der Waals surface area contributed by atoms with Gasteiger partial charge in [-0.05, 0) is 37.2 Å². The molecule has 0 radical (unpaired) electrons. The first-order chi connectivity index (χ1) is 9.70. The van der Waals surface area contributed by atoms with Gasteiger partial charge < -0.3 is 10.6 Å². The minimum Gasteiger partial charge on any atom is -0.383 e. The second-order valence-electron chi connectivity index (χ2n) is 5.84. The smallest absolute Gasteiger partial charge is 0.253 e. The van der Waals surface area contributed by atoms with Crippen LogP contribution < -0.4 is 10.6 Å². The van der Waals surface area contributed by atoms with Crippen LogP contribution in [0.15, 0.2) is 18.5 Å². The van der Waals surface area contributed by atoms with E-state index in [4.69, 9.17) is 0 Å². The summed E-state index contributed by atoms with van der Waals surface area (Å²) in [7, 11) is 0. The van der Waals surface area contributed by atoms with Crippen molar-refractivity contribution in [3.8, 4) is 0 Å². The Labute approximate surface area is 121 Å². The van der Waals surface area contributed by atoms with E-state index in [9.17, 15) is 4.79 Å². The molecule has 2 N–H and O–H groups in total. The lowest BCUT2D eigenvalue weighted by Gasteiger charge is -2.14. The van der Waals surface area contributed by atoms with Crippen LogP contribution in [0.3, 0.4) is 0 Å². The predicted octanol–water partition coefficient (Wildman–Crippen LogP) is 3.07. The number of amides is 1. The van der Waals surface area contributed by atoms with Crippen molar-refractivity contribution in [1.82, 2.24) is 10.3 Å². The van der Waals surface area contributed by atoms with Crippen LogP contribution in [-0.4, -0.2) is 24.0 Å². The molecule has 0 saturated heterocycles. The molecule has 1 aliphatic carbocycles. The second-order valence-corrected chi connectivity index (χ2v) is 5.84. The average Bonchev–Trinajstić information content (AvgIpc) is 2.88. The van der Waals surface area contributed by atoms with Gasteiger partial charge in [0.15, 0.2) is 0 Å². The lowest BCUT2D eigenvalue weighted by atomic mass is 10.1. The maximum absolute atomic E-state index is 12.3. The largest absolute Gasteiger partial charge is 0.383 e. The first kappa shape index (κ1) is 14.8. The van der Waals surface area contributed by atoms with E-state index in [1.54, 1.807) is 18.5 Å². The third-order valence-electron chi connectivity index (χ3n) is 3.99. The first-order valence-electron chi connectivity index (χ1n) is 7.66. The zero-order valence-corrected chi connectivity index (χ0v) is 12.5. The van der Waals surface area contributed by atoms with Crippen LogP contribution in [0.5, 0.6) is 0 Å².